The molecule has 1 aliphatic carbocycles. The third-order valence-electron chi connectivity index (χ3n) is 6.15. The fraction of sp³-hybridized carbons (Fsp3) is 0.280. The van der Waals surface area contributed by atoms with E-state index >= 15 is 0 Å². The summed E-state index contributed by atoms with van der Waals surface area (Å²) >= 11 is 0. The van der Waals surface area contributed by atoms with Crippen molar-refractivity contribution in [1.82, 2.24) is 19.7 Å². The van der Waals surface area contributed by atoms with Crippen LogP contribution >= 0.6 is 0 Å². The molecule has 0 bridgehead atoms. The van der Waals surface area contributed by atoms with Gasteiger partial charge in [0.15, 0.2) is 5.69 Å². The van der Waals surface area contributed by atoms with Gasteiger partial charge in [-0.3, -0.25) is 4.79 Å². The summed E-state index contributed by atoms with van der Waals surface area (Å²) in [5.74, 6) is -0.01000. The minimum atomic E-state index is -0.01000. The van der Waals surface area contributed by atoms with Crippen molar-refractivity contribution in [3.63, 3.8) is 0 Å². The third kappa shape index (κ3) is 3.02. The molecule has 0 saturated heterocycles. The summed E-state index contributed by atoms with van der Waals surface area (Å²) in [5.41, 5.74) is 8.61. The van der Waals surface area contributed by atoms with Crippen LogP contribution in [-0.4, -0.2) is 32.6 Å². The van der Waals surface area contributed by atoms with Gasteiger partial charge in [-0.2, -0.15) is 5.10 Å². The van der Waals surface area contributed by atoms with Crippen LogP contribution in [0.25, 0.3) is 16.6 Å². The number of carbonyl (C=O) groups excluding carboxylic acids is 1. The van der Waals surface area contributed by atoms with Crippen molar-refractivity contribution in [2.75, 3.05) is 7.05 Å². The van der Waals surface area contributed by atoms with Gasteiger partial charge in [0.1, 0.15) is 0 Å². The van der Waals surface area contributed by atoms with Crippen LogP contribution < -0.4 is 0 Å². The molecule has 5 nitrogen and oxygen atoms in total. The number of aryl methyl sites for hydroxylation is 2. The van der Waals surface area contributed by atoms with E-state index in [1.807, 2.05) is 24.0 Å². The average molecular weight is 399 g/mol. The second-order valence-corrected chi connectivity index (χ2v) is 8.35. The quantitative estimate of drug-likeness (QED) is 0.540. The Balaban J connectivity index is 1.49. The van der Waals surface area contributed by atoms with Gasteiger partial charge in [-0.15, -0.1) is 0 Å². The number of nitrogens with zero attached hydrogens (tertiary/aromatic N) is 3. The maximum absolute atomic E-state index is 13.4. The van der Waals surface area contributed by atoms with Crippen molar-refractivity contribution in [1.29, 1.82) is 0 Å². The van der Waals surface area contributed by atoms with Crippen LogP contribution in [0.2, 0.25) is 0 Å². The number of fused-ring (bicyclic) bond motifs is 2. The number of hydrogen-bond donors (Lipinski definition) is 1. The molecule has 1 N–H and O–H groups in total. The molecule has 30 heavy (non-hydrogen) atoms. The Hall–Kier alpha value is -3.34. The van der Waals surface area contributed by atoms with Crippen LogP contribution in [0.3, 0.4) is 0 Å². The minimum absolute atomic E-state index is 0.01000. The summed E-state index contributed by atoms with van der Waals surface area (Å²) in [6, 6.07) is 14.6. The molecule has 0 aliphatic heterocycles. The van der Waals surface area contributed by atoms with Crippen molar-refractivity contribution in [2.45, 2.75) is 39.7 Å². The molecule has 0 spiro atoms. The van der Waals surface area contributed by atoms with E-state index in [1.165, 1.54) is 16.8 Å². The molecule has 1 amide bonds. The standard InChI is InChI=1S/C25H26N4O/c1-16-10-11-22(17(2)14-16)29-23-9-5-7-20(23)24(27-29)25(30)28(3)15-18-6-4-8-21-19(18)12-13-26-21/h4,6,8,10-14,26H,5,7,9,15H2,1-3H3. The van der Waals surface area contributed by atoms with Crippen molar-refractivity contribution in [3.05, 3.63) is 82.3 Å². The summed E-state index contributed by atoms with van der Waals surface area (Å²) in [7, 11) is 1.87. The predicted octanol–water partition coefficient (Wildman–Crippen LogP) is 4.73. The highest BCUT2D eigenvalue weighted by molar-refractivity contribution is 5.94. The lowest BCUT2D eigenvalue weighted by Crippen LogP contribution is -2.27. The molecule has 0 radical (unpaired) electrons. The molecule has 0 saturated carbocycles. The summed E-state index contributed by atoms with van der Waals surface area (Å²) in [5, 5.41) is 5.98. The Morgan fingerprint density at radius 3 is 2.87 bits per heavy atom. The second-order valence-electron chi connectivity index (χ2n) is 8.35. The van der Waals surface area contributed by atoms with Crippen LogP contribution in [0.1, 0.15) is 44.9 Å². The molecule has 5 heteroatoms. The molecule has 152 valence electrons. The molecule has 0 fully saturated rings. The molecular weight excluding hydrogens is 372 g/mol. The van der Waals surface area contributed by atoms with Gasteiger partial charge < -0.3 is 9.88 Å². The van der Waals surface area contributed by atoms with Crippen LogP contribution in [0.4, 0.5) is 0 Å². The van der Waals surface area contributed by atoms with E-state index < -0.39 is 0 Å². The SMILES string of the molecule is Cc1ccc(-n2nc(C(=O)N(C)Cc3cccc4[nH]ccc34)c3c2CCC3)c(C)c1. The normalized spacial score (nSPS) is 13.0. The molecule has 2 aromatic carbocycles. The molecule has 2 heterocycles. The summed E-state index contributed by atoms with van der Waals surface area (Å²) in [4.78, 5) is 18.4. The number of H-pyrrole nitrogens is 1. The molecule has 5 rings (SSSR count). The van der Waals surface area contributed by atoms with Crippen molar-refractivity contribution in [3.8, 4) is 5.69 Å². The number of aromatic amines is 1. The van der Waals surface area contributed by atoms with Gasteiger partial charge in [0, 0.05) is 41.9 Å². The molecule has 4 aromatic rings. The number of benzene rings is 2. The summed E-state index contributed by atoms with van der Waals surface area (Å²) in [6.07, 6.45) is 4.90. The second kappa shape index (κ2) is 7.17. The third-order valence-corrected chi connectivity index (χ3v) is 6.15. The molecule has 0 atom stereocenters. The summed E-state index contributed by atoms with van der Waals surface area (Å²) in [6.45, 7) is 4.76. The van der Waals surface area contributed by atoms with Gasteiger partial charge in [0.2, 0.25) is 0 Å². The maximum Gasteiger partial charge on any atom is 0.274 e. The largest absolute Gasteiger partial charge is 0.361 e. The van der Waals surface area contributed by atoms with E-state index in [0.717, 1.165) is 47.0 Å². The Morgan fingerprint density at radius 1 is 1.17 bits per heavy atom. The van der Waals surface area contributed by atoms with E-state index in [9.17, 15) is 4.79 Å². The van der Waals surface area contributed by atoms with Crippen molar-refractivity contribution < 1.29 is 4.79 Å². The first kappa shape index (κ1) is 18.7. The van der Waals surface area contributed by atoms with Crippen molar-refractivity contribution >= 4 is 16.8 Å². The molecule has 0 unspecified atom stereocenters. The number of nitrogens with one attached hydrogen (secondary N) is 1. The van der Waals surface area contributed by atoms with Gasteiger partial charge in [-0.1, -0.05) is 29.8 Å². The maximum atomic E-state index is 13.4. The molecule has 1 aliphatic rings. The van der Waals surface area contributed by atoms with E-state index in [0.29, 0.717) is 12.2 Å². The fourth-order valence-electron chi connectivity index (χ4n) is 4.65. The monoisotopic (exact) mass is 398 g/mol. The van der Waals surface area contributed by atoms with E-state index in [1.54, 1.807) is 4.90 Å². The number of amides is 1. The smallest absolute Gasteiger partial charge is 0.274 e. The summed E-state index contributed by atoms with van der Waals surface area (Å²) < 4.78 is 2.01. The lowest BCUT2D eigenvalue weighted by Gasteiger charge is -2.17. The first-order chi connectivity index (χ1) is 14.5. The van der Waals surface area contributed by atoms with Crippen molar-refractivity contribution in [2.24, 2.45) is 0 Å². The van der Waals surface area contributed by atoms with Crippen LogP contribution in [0.5, 0.6) is 0 Å². The minimum Gasteiger partial charge on any atom is -0.361 e. The zero-order valence-electron chi connectivity index (χ0n) is 17.7. The lowest BCUT2D eigenvalue weighted by molar-refractivity contribution is 0.0778. The number of carbonyl (C=O) groups is 1. The highest BCUT2D eigenvalue weighted by Crippen LogP contribution is 2.30. The van der Waals surface area contributed by atoms with Crippen LogP contribution in [0, 0.1) is 13.8 Å². The fourth-order valence-corrected chi connectivity index (χ4v) is 4.65. The topological polar surface area (TPSA) is 53.9 Å². The highest BCUT2D eigenvalue weighted by atomic mass is 16.2. The Morgan fingerprint density at radius 2 is 2.03 bits per heavy atom. The Bertz CT molecular complexity index is 1260. The van der Waals surface area contributed by atoms with Gasteiger partial charge in [-0.05, 0) is 62.4 Å². The Labute approximate surface area is 176 Å². The first-order valence-corrected chi connectivity index (χ1v) is 10.5. The average Bonchev–Trinajstić information content (AvgIpc) is 3.44. The van der Waals surface area contributed by atoms with Crippen LogP contribution in [0.15, 0.2) is 48.7 Å². The van der Waals surface area contributed by atoms with Gasteiger partial charge in [-0.25, -0.2) is 4.68 Å². The highest BCUT2D eigenvalue weighted by Gasteiger charge is 2.29. The van der Waals surface area contributed by atoms with Gasteiger partial charge in [0.05, 0.1) is 5.69 Å². The number of hydrogen-bond acceptors (Lipinski definition) is 2. The number of aromatic nitrogens is 3. The van der Waals surface area contributed by atoms with E-state index in [4.69, 9.17) is 5.10 Å². The van der Waals surface area contributed by atoms with Gasteiger partial charge in [0.25, 0.3) is 5.91 Å². The Kier molecular flexibility index (Phi) is 4.46. The number of rotatable bonds is 4. The predicted molar refractivity (Wildman–Crippen MR) is 119 cm³/mol. The van der Waals surface area contributed by atoms with E-state index in [2.05, 4.69) is 55.2 Å². The van der Waals surface area contributed by atoms with Crippen LogP contribution in [-0.2, 0) is 19.4 Å². The zero-order valence-corrected chi connectivity index (χ0v) is 17.7. The zero-order chi connectivity index (χ0) is 20.8. The van der Waals surface area contributed by atoms with Gasteiger partial charge >= 0.3 is 0 Å². The first-order valence-electron chi connectivity index (χ1n) is 10.5. The molecular formula is C25H26N4O. The lowest BCUT2D eigenvalue weighted by atomic mass is 10.1. The molecule has 2 aromatic heterocycles. The van der Waals surface area contributed by atoms with E-state index in [-0.39, 0.29) is 5.91 Å².